The van der Waals surface area contributed by atoms with Crippen molar-refractivity contribution < 1.29 is 4.79 Å². The average molecular weight is 255 g/mol. The summed E-state index contributed by atoms with van der Waals surface area (Å²) in [5.74, 6) is -0.00452. The van der Waals surface area contributed by atoms with E-state index in [1.165, 1.54) is 0 Å². The van der Waals surface area contributed by atoms with Crippen molar-refractivity contribution in [3.8, 4) is 0 Å². The van der Waals surface area contributed by atoms with Gasteiger partial charge in [-0.3, -0.25) is 4.79 Å². The highest BCUT2D eigenvalue weighted by Gasteiger charge is 2.27. The SMILES string of the molecule is Cn1cccc1CNC(=O)C1CNc2ccccc21. The minimum Gasteiger partial charge on any atom is -0.384 e. The highest BCUT2D eigenvalue weighted by atomic mass is 16.1. The highest BCUT2D eigenvalue weighted by Crippen LogP contribution is 2.30. The van der Waals surface area contributed by atoms with E-state index < -0.39 is 0 Å². The molecule has 19 heavy (non-hydrogen) atoms. The van der Waals surface area contributed by atoms with Gasteiger partial charge in [-0.25, -0.2) is 0 Å². The summed E-state index contributed by atoms with van der Waals surface area (Å²) in [6, 6.07) is 12.0. The number of nitrogens with one attached hydrogen (secondary N) is 2. The molecule has 0 saturated heterocycles. The largest absolute Gasteiger partial charge is 0.384 e. The van der Waals surface area contributed by atoms with E-state index in [4.69, 9.17) is 0 Å². The Morgan fingerprint density at radius 1 is 1.37 bits per heavy atom. The van der Waals surface area contributed by atoms with E-state index in [1.54, 1.807) is 0 Å². The molecule has 4 heteroatoms. The molecule has 0 spiro atoms. The van der Waals surface area contributed by atoms with Gasteiger partial charge < -0.3 is 15.2 Å². The van der Waals surface area contributed by atoms with Crippen molar-refractivity contribution in [2.75, 3.05) is 11.9 Å². The number of para-hydroxylation sites is 1. The Kier molecular flexibility index (Phi) is 2.99. The molecule has 2 heterocycles. The third-order valence-electron chi connectivity index (χ3n) is 3.64. The van der Waals surface area contributed by atoms with Crippen LogP contribution >= 0.6 is 0 Å². The molecule has 0 radical (unpaired) electrons. The van der Waals surface area contributed by atoms with Gasteiger partial charge in [0.2, 0.25) is 5.91 Å². The van der Waals surface area contributed by atoms with Gasteiger partial charge >= 0.3 is 0 Å². The summed E-state index contributed by atoms with van der Waals surface area (Å²) in [7, 11) is 1.98. The second-order valence-corrected chi connectivity index (χ2v) is 4.85. The Labute approximate surface area is 112 Å². The van der Waals surface area contributed by atoms with Crippen LogP contribution in [0.4, 0.5) is 5.69 Å². The molecule has 2 N–H and O–H groups in total. The highest BCUT2D eigenvalue weighted by molar-refractivity contribution is 5.88. The predicted octanol–water partition coefficient (Wildman–Crippen LogP) is 1.85. The number of anilines is 1. The average Bonchev–Trinajstić information content (AvgIpc) is 3.02. The number of benzene rings is 1. The zero-order chi connectivity index (χ0) is 13.2. The number of fused-ring (bicyclic) bond motifs is 1. The summed E-state index contributed by atoms with van der Waals surface area (Å²) in [4.78, 5) is 12.3. The summed E-state index contributed by atoms with van der Waals surface area (Å²) in [6.45, 7) is 1.25. The van der Waals surface area contributed by atoms with Crippen LogP contribution in [0.2, 0.25) is 0 Å². The first-order chi connectivity index (χ1) is 9.25. The number of aryl methyl sites for hydroxylation is 1. The van der Waals surface area contributed by atoms with E-state index in [0.717, 1.165) is 16.9 Å². The molecule has 1 aliphatic rings. The van der Waals surface area contributed by atoms with E-state index in [9.17, 15) is 4.79 Å². The summed E-state index contributed by atoms with van der Waals surface area (Å²) in [6.07, 6.45) is 1.98. The Morgan fingerprint density at radius 2 is 2.21 bits per heavy atom. The topological polar surface area (TPSA) is 46.1 Å². The van der Waals surface area contributed by atoms with Crippen molar-refractivity contribution in [1.82, 2.24) is 9.88 Å². The summed E-state index contributed by atoms with van der Waals surface area (Å²) < 4.78 is 2.02. The molecule has 4 nitrogen and oxygen atoms in total. The molecular formula is C15H17N3O. The van der Waals surface area contributed by atoms with Crippen LogP contribution in [-0.2, 0) is 18.4 Å². The Balaban J connectivity index is 1.68. The van der Waals surface area contributed by atoms with Crippen molar-refractivity contribution in [2.45, 2.75) is 12.5 Å². The smallest absolute Gasteiger partial charge is 0.229 e. The number of nitrogens with zero attached hydrogens (tertiary/aromatic N) is 1. The van der Waals surface area contributed by atoms with Gasteiger partial charge in [0.15, 0.2) is 0 Å². The molecule has 1 unspecified atom stereocenters. The Morgan fingerprint density at radius 3 is 3.00 bits per heavy atom. The second kappa shape index (κ2) is 4.80. The third kappa shape index (κ3) is 2.21. The first kappa shape index (κ1) is 11.8. The lowest BCUT2D eigenvalue weighted by atomic mass is 10.0. The molecule has 0 aliphatic carbocycles. The maximum absolute atomic E-state index is 12.3. The first-order valence-corrected chi connectivity index (χ1v) is 6.46. The molecule has 3 rings (SSSR count). The second-order valence-electron chi connectivity index (χ2n) is 4.85. The zero-order valence-corrected chi connectivity index (χ0v) is 10.9. The molecule has 1 aromatic carbocycles. The maximum atomic E-state index is 12.3. The van der Waals surface area contributed by atoms with Gasteiger partial charge in [0.1, 0.15) is 0 Å². The lowest BCUT2D eigenvalue weighted by Gasteiger charge is -2.11. The van der Waals surface area contributed by atoms with Crippen molar-refractivity contribution in [2.24, 2.45) is 7.05 Å². The Bertz CT molecular complexity index is 603. The van der Waals surface area contributed by atoms with Gasteiger partial charge in [-0.15, -0.1) is 0 Å². The molecule has 1 amide bonds. The molecule has 0 bridgehead atoms. The predicted molar refractivity (Wildman–Crippen MR) is 74.9 cm³/mol. The lowest BCUT2D eigenvalue weighted by molar-refractivity contribution is -0.122. The molecule has 1 aromatic heterocycles. The van der Waals surface area contributed by atoms with Crippen LogP contribution in [0.25, 0.3) is 0 Å². The fraction of sp³-hybridized carbons (Fsp3) is 0.267. The van der Waals surface area contributed by atoms with Crippen molar-refractivity contribution in [3.05, 3.63) is 53.9 Å². The van der Waals surface area contributed by atoms with Crippen molar-refractivity contribution in [3.63, 3.8) is 0 Å². The molecule has 2 aromatic rings. The third-order valence-corrected chi connectivity index (χ3v) is 3.64. The van der Waals surface area contributed by atoms with Crippen LogP contribution in [0, 0.1) is 0 Å². The molecule has 0 saturated carbocycles. The van der Waals surface area contributed by atoms with Gasteiger partial charge in [-0.1, -0.05) is 18.2 Å². The number of hydrogen-bond donors (Lipinski definition) is 2. The fourth-order valence-electron chi connectivity index (χ4n) is 2.50. The summed E-state index contributed by atoms with van der Waals surface area (Å²) in [5, 5.41) is 6.28. The molecular weight excluding hydrogens is 238 g/mol. The lowest BCUT2D eigenvalue weighted by Crippen LogP contribution is -2.30. The molecule has 1 atom stereocenters. The van der Waals surface area contributed by atoms with Crippen LogP contribution in [0.15, 0.2) is 42.6 Å². The van der Waals surface area contributed by atoms with Crippen LogP contribution < -0.4 is 10.6 Å². The van der Waals surface area contributed by atoms with Gasteiger partial charge in [0.25, 0.3) is 0 Å². The minimum atomic E-state index is -0.0866. The quantitative estimate of drug-likeness (QED) is 0.879. The van der Waals surface area contributed by atoms with Crippen LogP contribution in [0.3, 0.4) is 0 Å². The number of amides is 1. The zero-order valence-electron chi connectivity index (χ0n) is 10.9. The number of carbonyl (C=O) groups is 1. The van der Waals surface area contributed by atoms with Crippen LogP contribution in [0.1, 0.15) is 17.2 Å². The monoisotopic (exact) mass is 255 g/mol. The molecule has 98 valence electrons. The first-order valence-electron chi connectivity index (χ1n) is 6.46. The normalized spacial score (nSPS) is 16.8. The number of rotatable bonds is 3. The van der Waals surface area contributed by atoms with E-state index >= 15 is 0 Å². The summed E-state index contributed by atoms with van der Waals surface area (Å²) >= 11 is 0. The number of carbonyl (C=O) groups excluding carboxylic acids is 1. The molecule has 0 fully saturated rings. The summed E-state index contributed by atoms with van der Waals surface area (Å²) in [5.41, 5.74) is 3.26. The van der Waals surface area contributed by atoms with E-state index in [-0.39, 0.29) is 11.8 Å². The van der Waals surface area contributed by atoms with Gasteiger partial charge in [-0.2, -0.15) is 0 Å². The van der Waals surface area contributed by atoms with Gasteiger partial charge in [-0.05, 0) is 23.8 Å². The van der Waals surface area contributed by atoms with Gasteiger partial charge in [0.05, 0.1) is 12.5 Å². The van der Waals surface area contributed by atoms with Crippen molar-refractivity contribution >= 4 is 11.6 Å². The maximum Gasteiger partial charge on any atom is 0.229 e. The molecule has 1 aliphatic heterocycles. The fourth-order valence-corrected chi connectivity index (χ4v) is 2.50. The van der Waals surface area contributed by atoms with E-state index in [2.05, 4.69) is 10.6 Å². The van der Waals surface area contributed by atoms with Gasteiger partial charge in [0, 0.05) is 31.2 Å². The van der Waals surface area contributed by atoms with Crippen molar-refractivity contribution in [1.29, 1.82) is 0 Å². The standard InChI is InChI=1S/C15H17N3O/c1-18-8-4-5-11(18)9-17-15(19)13-10-16-14-7-3-2-6-12(13)14/h2-8,13,16H,9-10H2,1H3,(H,17,19). The van der Waals surface area contributed by atoms with Crippen LogP contribution in [0.5, 0.6) is 0 Å². The van der Waals surface area contributed by atoms with E-state index in [1.807, 2.05) is 54.2 Å². The minimum absolute atomic E-state index is 0.0821. The Hall–Kier alpha value is -2.23. The van der Waals surface area contributed by atoms with Crippen LogP contribution in [-0.4, -0.2) is 17.0 Å². The number of hydrogen-bond acceptors (Lipinski definition) is 2. The van der Waals surface area contributed by atoms with E-state index in [0.29, 0.717) is 13.1 Å². The number of aromatic nitrogens is 1.